The maximum absolute atomic E-state index is 11.2. The Morgan fingerprint density at radius 1 is 1.24 bits per heavy atom. The van der Waals surface area contributed by atoms with Crippen molar-refractivity contribution in [2.24, 2.45) is 0 Å². The van der Waals surface area contributed by atoms with Gasteiger partial charge in [0.25, 0.3) is 0 Å². The molecule has 2 N–H and O–H groups in total. The SMILES string of the molecule is O=C(O)CC(Cc1nc(CCCc2ccc3c(n2)NCCC3)no1)c1ccoc1. The minimum atomic E-state index is -0.872. The number of carbonyl (C=O) groups is 1. The summed E-state index contributed by atoms with van der Waals surface area (Å²) in [7, 11) is 0. The number of fused-ring (bicyclic) bond motifs is 1. The third-order valence-corrected chi connectivity index (χ3v) is 5.15. The highest BCUT2D eigenvalue weighted by atomic mass is 16.5. The number of nitrogens with one attached hydrogen (secondary N) is 1. The van der Waals surface area contributed by atoms with Gasteiger partial charge < -0.3 is 19.4 Å². The van der Waals surface area contributed by atoms with Gasteiger partial charge in [-0.15, -0.1) is 0 Å². The number of aryl methyl sites for hydroxylation is 3. The Bertz CT molecular complexity index is 952. The summed E-state index contributed by atoms with van der Waals surface area (Å²) in [5, 5.41) is 16.6. The quantitative estimate of drug-likeness (QED) is 0.566. The molecule has 1 aliphatic heterocycles. The van der Waals surface area contributed by atoms with E-state index in [4.69, 9.17) is 19.0 Å². The third kappa shape index (κ3) is 5.01. The number of hydrogen-bond acceptors (Lipinski definition) is 7. The normalized spacial score (nSPS) is 14.2. The van der Waals surface area contributed by atoms with Crippen molar-refractivity contribution in [3.05, 3.63) is 59.3 Å². The number of carboxylic acids is 1. The molecule has 8 heteroatoms. The molecule has 152 valence electrons. The lowest BCUT2D eigenvalue weighted by Gasteiger charge is -2.17. The molecule has 0 spiro atoms. The Morgan fingerprint density at radius 3 is 3.00 bits per heavy atom. The summed E-state index contributed by atoms with van der Waals surface area (Å²) >= 11 is 0. The van der Waals surface area contributed by atoms with Crippen molar-refractivity contribution in [3.8, 4) is 0 Å². The molecule has 1 aliphatic rings. The van der Waals surface area contributed by atoms with Crippen LogP contribution < -0.4 is 5.32 Å². The van der Waals surface area contributed by atoms with E-state index in [2.05, 4.69) is 27.6 Å². The number of aliphatic carboxylic acids is 1. The number of pyridine rings is 1. The van der Waals surface area contributed by atoms with Crippen molar-refractivity contribution in [2.45, 2.75) is 50.9 Å². The highest BCUT2D eigenvalue weighted by Gasteiger charge is 2.21. The van der Waals surface area contributed by atoms with Crippen LogP contribution in [0.4, 0.5) is 5.82 Å². The third-order valence-electron chi connectivity index (χ3n) is 5.15. The molecule has 3 aromatic rings. The number of nitrogens with zero attached hydrogens (tertiary/aromatic N) is 3. The van der Waals surface area contributed by atoms with Crippen LogP contribution in [0.25, 0.3) is 0 Å². The van der Waals surface area contributed by atoms with E-state index in [0.29, 0.717) is 24.6 Å². The molecule has 0 aliphatic carbocycles. The van der Waals surface area contributed by atoms with Gasteiger partial charge >= 0.3 is 5.97 Å². The van der Waals surface area contributed by atoms with Gasteiger partial charge in [0, 0.05) is 31.0 Å². The van der Waals surface area contributed by atoms with Crippen LogP contribution in [0, 0.1) is 0 Å². The predicted octanol–water partition coefficient (Wildman–Crippen LogP) is 3.39. The van der Waals surface area contributed by atoms with Crippen LogP contribution in [-0.2, 0) is 30.5 Å². The van der Waals surface area contributed by atoms with E-state index in [9.17, 15) is 4.79 Å². The fraction of sp³-hybridized carbons (Fsp3) is 0.429. The van der Waals surface area contributed by atoms with E-state index in [-0.39, 0.29) is 12.3 Å². The zero-order chi connectivity index (χ0) is 20.1. The molecule has 0 saturated carbocycles. The van der Waals surface area contributed by atoms with Crippen LogP contribution in [0.5, 0.6) is 0 Å². The molecular formula is C21H24N4O4. The monoisotopic (exact) mass is 396 g/mol. The number of carboxylic acid groups (broad SMARTS) is 1. The van der Waals surface area contributed by atoms with Crippen molar-refractivity contribution in [1.29, 1.82) is 0 Å². The predicted molar refractivity (Wildman–Crippen MR) is 105 cm³/mol. The average molecular weight is 396 g/mol. The maximum Gasteiger partial charge on any atom is 0.303 e. The molecule has 0 radical (unpaired) electrons. The topological polar surface area (TPSA) is 114 Å². The van der Waals surface area contributed by atoms with Gasteiger partial charge in [0.2, 0.25) is 5.89 Å². The van der Waals surface area contributed by atoms with Crippen LogP contribution >= 0.6 is 0 Å². The molecule has 0 aromatic carbocycles. The van der Waals surface area contributed by atoms with Crippen LogP contribution in [0.1, 0.15) is 53.7 Å². The number of furan rings is 1. The van der Waals surface area contributed by atoms with E-state index in [1.165, 1.54) is 11.8 Å². The van der Waals surface area contributed by atoms with Crippen molar-refractivity contribution < 1.29 is 18.8 Å². The summed E-state index contributed by atoms with van der Waals surface area (Å²) in [6.45, 7) is 0.983. The first-order valence-corrected chi connectivity index (χ1v) is 9.95. The molecule has 0 fully saturated rings. The van der Waals surface area contributed by atoms with Gasteiger partial charge in [-0.1, -0.05) is 11.2 Å². The first-order valence-electron chi connectivity index (χ1n) is 9.95. The lowest BCUT2D eigenvalue weighted by molar-refractivity contribution is -0.137. The van der Waals surface area contributed by atoms with Crippen molar-refractivity contribution in [3.63, 3.8) is 0 Å². The molecule has 1 atom stereocenters. The Balaban J connectivity index is 1.31. The second kappa shape index (κ2) is 8.89. The minimum Gasteiger partial charge on any atom is -0.481 e. The molecule has 3 aromatic heterocycles. The van der Waals surface area contributed by atoms with E-state index in [0.717, 1.165) is 49.3 Å². The maximum atomic E-state index is 11.2. The molecule has 0 saturated heterocycles. The average Bonchev–Trinajstić information content (AvgIpc) is 3.39. The Hall–Kier alpha value is -3.16. The Kier molecular flexibility index (Phi) is 5.88. The number of rotatable bonds is 9. The van der Waals surface area contributed by atoms with Crippen LogP contribution in [0.15, 0.2) is 39.7 Å². The summed E-state index contributed by atoms with van der Waals surface area (Å²) in [6, 6.07) is 6.02. The summed E-state index contributed by atoms with van der Waals surface area (Å²) in [6.07, 6.45) is 8.09. The molecule has 4 heterocycles. The highest BCUT2D eigenvalue weighted by molar-refractivity contribution is 5.68. The van der Waals surface area contributed by atoms with E-state index in [1.54, 1.807) is 12.3 Å². The van der Waals surface area contributed by atoms with E-state index >= 15 is 0 Å². The van der Waals surface area contributed by atoms with Crippen molar-refractivity contribution in [2.75, 3.05) is 11.9 Å². The Labute approximate surface area is 168 Å². The van der Waals surface area contributed by atoms with Crippen molar-refractivity contribution >= 4 is 11.8 Å². The van der Waals surface area contributed by atoms with Crippen LogP contribution in [0.2, 0.25) is 0 Å². The lowest BCUT2D eigenvalue weighted by Crippen LogP contribution is -2.14. The van der Waals surface area contributed by atoms with Gasteiger partial charge in [-0.3, -0.25) is 4.79 Å². The Morgan fingerprint density at radius 2 is 2.17 bits per heavy atom. The van der Waals surface area contributed by atoms with Gasteiger partial charge in [0.15, 0.2) is 5.82 Å². The molecule has 8 nitrogen and oxygen atoms in total. The molecular weight excluding hydrogens is 372 g/mol. The number of anilines is 1. The smallest absolute Gasteiger partial charge is 0.303 e. The largest absolute Gasteiger partial charge is 0.481 e. The van der Waals surface area contributed by atoms with Gasteiger partial charge in [0.05, 0.1) is 18.9 Å². The molecule has 29 heavy (non-hydrogen) atoms. The summed E-state index contributed by atoms with van der Waals surface area (Å²) < 4.78 is 10.4. The van der Waals surface area contributed by atoms with E-state index < -0.39 is 5.97 Å². The van der Waals surface area contributed by atoms with Crippen LogP contribution in [0.3, 0.4) is 0 Å². The minimum absolute atomic E-state index is 0.0186. The van der Waals surface area contributed by atoms with Crippen molar-refractivity contribution in [1.82, 2.24) is 15.1 Å². The molecule has 4 rings (SSSR count). The fourth-order valence-corrected chi connectivity index (χ4v) is 3.65. The molecule has 1 unspecified atom stereocenters. The summed E-state index contributed by atoms with van der Waals surface area (Å²) in [5.41, 5.74) is 3.17. The second-order valence-electron chi connectivity index (χ2n) is 7.35. The van der Waals surface area contributed by atoms with Crippen LogP contribution in [-0.4, -0.2) is 32.7 Å². The van der Waals surface area contributed by atoms with Gasteiger partial charge in [-0.05, 0) is 48.9 Å². The zero-order valence-corrected chi connectivity index (χ0v) is 16.1. The summed E-state index contributed by atoms with van der Waals surface area (Å²) in [4.78, 5) is 20.3. The molecule has 0 amide bonds. The first kappa shape index (κ1) is 19.2. The highest BCUT2D eigenvalue weighted by Crippen LogP contribution is 2.25. The second-order valence-corrected chi connectivity index (χ2v) is 7.35. The fourth-order valence-electron chi connectivity index (χ4n) is 3.65. The molecule has 0 bridgehead atoms. The summed E-state index contributed by atoms with van der Waals surface area (Å²) in [5.74, 6) is 0.968. The lowest BCUT2D eigenvalue weighted by atomic mass is 9.95. The standard InChI is InChI=1S/C21H24N4O4/c26-20(27)12-16(15-8-10-28-13-15)11-19-24-18(25-29-19)5-1-4-17-7-6-14-3-2-9-22-21(14)23-17/h6-8,10,13,16H,1-5,9,11-12H2,(H,22,23)(H,26,27). The van der Waals surface area contributed by atoms with Gasteiger partial charge in [-0.2, -0.15) is 4.98 Å². The number of hydrogen-bond donors (Lipinski definition) is 2. The van der Waals surface area contributed by atoms with Gasteiger partial charge in [-0.25, -0.2) is 4.98 Å². The zero-order valence-electron chi connectivity index (χ0n) is 16.1. The number of aromatic nitrogens is 3. The first-order chi connectivity index (χ1) is 14.2. The van der Waals surface area contributed by atoms with Gasteiger partial charge in [0.1, 0.15) is 5.82 Å². The van der Waals surface area contributed by atoms with E-state index in [1.807, 2.05) is 0 Å².